The molecule has 13 heavy (non-hydrogen) atoms. The average molecular weight is 181 g/mol. The molecule has 0 aromatic rings. The monoisotopic (exact) mass is 181 g/mol. The molecule has 2 rings (SSSR count). The molecule has 1 saturated heterocycles. The van der Waals surface area contributed by atoms with E-state index in [0.29, 0.717) is 17.7 Å². The summed E-state index contributed by atoms with van der Waals surface area (Å²) in [5.41, 5.74) is 0.152. The van der Waals surface area contributed by atoms with Crippen LogP contribution in [0, 0.1) is 11.3 Å². The SMILES string of the molecule is CC(=O)C12CC1(C)C(C)C(C)N2C. The Kier molecular flexibility index (Phi) is 1.53. The molecule has 2 nitrogen and oxygen atoms in total. The molecule has 2 fully saturated rings. The van der Waals surface area contributed by atoms with Gasteiger partial charge in [-0.3, -0.25) is 9.69 Å². The summed E-state index contributed by atoms with van der Waals surface area (Å²) in [7, 11) is 2.10. The number of hydrogen-bond donors (Lipinski definition) is 0. The highest BCUT2D eigenvalue weighted by Crippen LogP contribution is 2.70. The first-order valence-electron chi connectivity index (χ1n) is 5.12. The fourth-order valence-electron chi connectivity index (χ4n) is 3.54. The number of carbonyl (C=O) groups excluding carboxylic acids is 1. The van der Waals surface area contributed by atoms with Crippen LogP contribution in [-0.4, -0.2) is 29.3 Å². The number of carbonyl (C=O) groups is 1. The van der Waals surface area contributed by atoms with E-state index in [4.69, 9.17) is 0 Å². The van der Waals surface area contributed by atoms with Crippen molar-refractivity contribution < 1.29 is 4.79 Å². The summed E-state index contributed by atoms with van der Waals surface area (Å²) in [6.07, 6.45) is 1.07. The minimum Gasteiger partial charge on any atom is -0.298 e. The molecule has 1 saturated carbocycles. The lowest BCUT2D eigenvalue weighted by Crippen LogP contribution is -2.42. The van der Waals surface area contributed by atoms with Crippen molar-refractivity contribution >= 4 is 5.78 Å². The largest absolute Gasteiger partial charge is 0.298 e. The minimum atomic E-state index is -0.105. The fourth-order valence-corrected chi connectivity index (χ4v) is 3.54. The summed E-state index contributed by atoms with van der Waals surface area (Å²) in [4.78, 5) is 14.0. The van der Waals surface area contributed by atoms with Crippen LogP contribution in [0.15, 0.2) is 0 Å². The number of Topliss-reactive ketones (excluding diaryl/α,β-unsaturated/α-hetero) is 1. The Morgan fingerprint density at radius 1 is 1.46 bits per heavy atom. The molecule has 2 heteroatoms. The molecule has 0 aromatic heterocycles. The van der Waals surface area contributed by atoms with Crippen molar-refractivity contribution in [1.82, 2.24) is 4.90 Å². The maximum Gasteiger partial charge on any atom is 0.150 e. The third kappa shape index (κ3) is 0.723. The van der Waals surface area contributed by atoms with Crippen molar-refractivity contribution in [1.29, 1.82) is 0 Å². The Morgan fingerprint density at radius 3 is 2.23 bits per heavy atom. The number of likely N-dealkylation sites (tertiary alicyclic amines) is 1. The normalized spacial score (nSPS) is 54.8. The third-order valence-electron chi connectivity index (χ3n) is 4.97. The van der Waals surface area contributed by atoms with E-state index in [1.54, 1.807) is 6.92 Å². The molecular formula is C11H19NO. The minimum absolute atomic E-state index is 0.105. The standard InChI is InChI=1S/C11H19NO/c1-7-8(2)12(5)11(9(3)13)6-10(7,11)4/h7-8H,6H2,1-5H3. The molecule has 0 aromatic carbocycles. The molecule has 4 unspecified atom stereocenters. The van der Waals surface area contributed by atoms with Gasteiger partial charge in [-0.1, -0.05) is 13.8 Å². The number of likely N-dealkylation sites (N-methyl/N-ethyl adjacent to an activating group) is 1. The van der Waals surface area contributed by atoms with Crippen molar-refractivity contribution in [2.24, 2.45) is 11.3 Å². The van der Waals surface area contributed by atoms with Crippen LogP contribution in [0.2, 0.25) is 0 Å². The predicted octanol–water partition coefficient (Wildman–Crippen LogP) is 1.69. The van der Waals surface area contributed by atoms with Crippen molar-refractivity contribution in [3.63, 3.8) is 0 Å². The topological polar surface area (TPSA) is 20.3 Å². The van der Waals surface area contributed by atoms with Gasteiger partial charge in [0, 0.05) is 6.04 Å². The van der Waals surface area contributed by atoms with E-state index < -0.39 is 0 Å². The molecule has 0 spiro atoms. The van der Waals surface area contributed by atoms with Gasteiger partial charge in [0.15, 0.2) is 5.78 Å². The van der Waals surface area contributed by atoms with Gasteiger partial charge in [0.05, 0.1) is 5.54 Å². The van der Waals surface area contributed by atoms with Gasteiger partial charge >= 0.3 is 0 Å². The van der Waals surface area contributed by atoms with Crippen molar-refractivity contribution in [3.05, 3.63) is 0 Å². The Bertz CT molecular complexity index is 275. The van der Waals surface area contributed by atoms with Crippen LogP contribution in [0.5, 0.6) is 0 Å². The summed E-state index contributed by atoms with van der Waals surface area (Å²) in [5.74, 6) is 0.995. The van der Waals surface area contributed by atoms with Crippen LogP contribution in [0.25, 0.3) is 0 Å². The van der Waals surface area contributed by atoms with E-state index in [1.807, 2.05) is 0 Å². The molecule has 0 bridgehead atoms. The number of nitrogens with zero attached hydrogens (tertiary/aromatic N) is 1. The lowest BCUT2D eigenvalue weighted by Gasteiger charge is -2.27. The smallest absolute Gasteiger partial charge is 0.150 e. The summed E-state index contributed by atoms with van der Waals surface area (Å²) < 4.78 is 0. The lowest BCUT2D eigenvalue weighted by atomic mass is 9.87. The van der Waals surface area contributed by atoms with E-state index in [1.165, 1.54) is 0 Å². The predicted molar refractivity (Wildman–Crippen MR) is 52.5 cm³/mol. The van der Waals surface area contributed by atoms with Gasteiger partial charge in [0.2, 0.25) is 0 Å². The molecular weight excluding hydrogens is 162 g/mol. The number of piperidine rings is 1. The molecule has 0 amide bonds. The first kappa shape index (κ1) is 9.20. The van der Waals surface area contributed by atoms with Crippen LogP contribution in [0.3, 0.4) is 0 Å². The van der Waals surface area contributed by atoms with Gasteiger partial charge in [-0.25, -0.2) is 0 Å². The fraction of sp³-hybridized carbons (Fsp3) is 0.909. The quantitative estimate of drug-likeness (QED) is 0.613. The number of fused-ring (bicyclic) bond motifs is 1. The van der Waals surface area contributed by atoms with E-state index in [2.05, 4.69) is 32.7 Å². The second-order valence-electron chi connectivity index (χ2n) is 5.15. The van der Waals surface area contributed by atoms with Gasteiger partial charge in [-0.15, -0.1) is 0 Å². The molecule has 74 valence electrons. The van der Waals surface area contributed by atoms with E-state index in [9.17, 15) is 4.79 Å². The van der Waals surface area contributed by atoms with Gasteiger partial charge in [-0.05, 0) is 38.6 Å². The van der Waals surface area contributed by atoms with Crippen molar-refractivity contribution in [2.75, 3.05) is 7.05 Å². The van der Waals surface area contributed by atoms with Crippen LogP contribution in [0.1, 0.15) is 34.1 Å². The van der Waals surface area contributed by atoms with Crippen LogP contribution >= 0.6 is 0 Å². The zero-order chi connectivity index (χ0) is 10.0. The van der Waals surface area contributed by atoms with Gasteiger partial charge in [-0.2, -0.15) is 0 Å². The summed E-state index contributed by atoms with van der Waals surface area (Å²) in [6, 6.07) is 0.544. The van der Waals surface area contributed by atoms with Gasteiger partial charge in [0.1, 0.15) is 0 Å². The van der Waals surface area contributed by atoms with Crippen LogP contribution < -0.4 is 0 Å². The Morgan fingerprint density at radius 2 is 2.00 bits per heavy atom. The van der Waals surface area contributed by atoms with Gasteiger partial charge in [0.25, 0.3) is 0 Å². The molecule has 1 heterocycles. The van der Waals surface area contributed by atoms with E-state index in [0.717, 1.165) is 6.42 Å². The zero-order valence-electron chi connectivity index (χ0n) is 9.22. The molecule has 0 N–H and O–H groups in total. The molecule has 2 aliphatic rings. The molecule has 4 atom stereocenters. The summed E-state index contributed by atoms with van der Waals surface area (Å²) in [5, 5.41) is 0. The Balaban J connectivity index is 2.41. The maximum absolute atomic E-state index is 11.7. The first-order chi connectivity index (χ1) is 5.88. The van der Waals surface area contributed by atoms with E-state index in [-0.39, 0.29) is 11.0 Å². The Hall–Kier alpha value is -0.370. The molecule has 1 aliphatic heterocycles. The summed E-state index contributed by atoms with van der Waals surface area (Å²) in [6.45, 7) is 8.51. The second kappa shape index (κ2) is 2.17. The zero-order valence-corrected chi connectivity index (χ0v) is 9.22. The van der Waals surface area contributed by atoms with Crippen molar-refractivity contribution in [2.45, 2.75) is 45.7 Å². The highest BCUT2D eigenvalue weighted by Gasteiger charge is 2.77. The average Bonchev–Trinajstić information content (AvgIpc) is 2.67. The highest BCUT2D eigenvalue weighted by molar-refractivity contribution is 5.92. The number of ketones is 1. The first-order valence-corrected chi connectivity index (χ1v) is 5.12. The second-order valence-corrected chi connectivity index (χ2v) is 5.15. The highest BCUT2D eigenvalue weighted by atomic mass is 16.1. The van der Waals surface area contributed by atoms with Crippen LogP contribution in [0.4, 0.5) is 0 Å². The molecule has 0 radical (unpaired) electrons. The number of hydrogen-bond acceptors (Lipinski definition) is 2. The van der Waals surface area contributed by atoms with Crippen LogP contribution in [-0.2, 0) is 4.79 Å². The lowest BCUT2D eigenvalue weighted by molar-refractivity contribution is -0.123. The summed E-state index contributed by atoms with van der Waals surface area (Å²) >= 11 is 0. The maximum atomic E-state index is 11.7. The van der Waals surface area contributed by atoms with E-state index >= 15 is 0 Å². The molecule has 1 aliphatic carbocycles. The Labute approximate surface area is 80.3 Å². The van der Waals surface area contributed by atoms with Crippen molar-refractivity contribution in [3.8, 4) is 0 Å². The van der Waals surface area contributed by atoms with Gasteiger partial charge < -0.3 is 0 Å². The third-order valence-corrected chi connectivity index (χ3v) is 4.97. The number of rotatable bonds is 1.